The zero-order valence-corrected chi connectivity index (χ0v) is 11.0. The highest BCUT2D eigenvalue weighted by molar-refractivity contribution is 6.36. The summed E-state index contributed by atoms with van der Waals surface area (Å²) in [6.07, 6.45) is 0. The third-order valence-corrected chi connectivity index (χ3v) is 3.30. The van der Waals surface area contributed by atoms with Crippen molar-refractivity contribution in [3.63, 3.8) is 0 Å². The number of aryl methyl sites for hydroxylation is 1. The monoisotopic (exact) mass is 265 g/mol. The summed E-state index contributed by atoms with van der Waals surface area (Å²) in [6.45, 7) is 2.61. The molecule has 0 atom stereocenters. The summed E-state index contributed by atoms with van der Waals surface area (Å²) >= 11 is 12.1. The molecule has 0 saturated carbocycles. The van der Waals surface area contributed by atoms with Crippen LogP contribution in [0.1, 0.15) is 11.1 Å². The highest BCUT2D eigenvalue weighted by Gasteiger charge is 2.07. The molecule has 0 spiro atoms. The van der Waals surface area contributed by atoms with E-state index in [2.05, 4.69) is 13.0 Å². The van der Waals surface area contributed by atoms with Gasteiger partial charge >= 0.3 is 0 Å². The van der Waals surface area contributed by atoms with Gasteiger partial charge in [0, 0.05) is 22.2 Å². The normalized spacial score (nSPS) is 10.6. The standard InChI is InChI=1S/C14H13Cl2N/c1-9-6-10(8-17)2-4-12(9)13-5-3-11(15)7-14(13)16/h2-7H,8,17H2,1H3. The highest BCUT2D eigenvalue weighted by atomic mass is 35.5. The summed E-state index contributed by atoms with van der Waals surface area (Å²) in [5.74, 6) is 0. The third-order valence-electron chi connectivity index (χ3n) is 2.75. The predicted molar refractivity (Wildman–Crippen MR) is 74.5 cm³/mol. The summed E-state index contributed by atoms with van der Waals surface area (Å²) in [5.41, 5.74) is 10.0. The van der Waals surface area contributed by atoms with Gasteiger partial charge in [-0.3, -0.25) is 0 Å². The van der Waals surface area contributed by atoms with Crippen LogP contribution >= 0.6 is 23.2 Å². The van der Waals surface area contributed by atoms with Crippen molar-refractivity contribution in [1.82, 2.24) is 0 Å². The Bertz CT molecular complexity index is 550. The lowest BCUT2D eigenvalue weighted by Gasteiger charge is -2.10. The summed E-state index contributed by atoms with van der Waals surface area (Å²) in [4.78, 5) is 0. The molecule has 1 nitrogen and oxygen atoms in total. The van der Waals surface area contributed by atoms with Gasteiger partial charge in [0.25, 0.3) is 0 Å². The van der Waals surface area contributed by atoms with Gasteiger partial charge in [-0.05, 0) is 35.7 Å². The average Bonchev–Trinajstić information content (AvgIpc) is 2.30. The first-order chi connectivity index (χ1) is 8.11. The Labute approximate surface area is 111 Å². The van der Waals surface area contributed by atoms with Gasteiger partial charge in [0.1, 0.15) is 0 Å². The molecular weight excluding hydrogens is 253 g/mol. The first kappa shape index (κ1) is 12.4. The fourth-order valence-corrected chi connectivity index (χ4v) is 2.37. The Morgan fingerprint density at radius 2 is 1.71 bits per heavy atom. The van der Waals surface area contributed by atoms with Gasteiger partial charge in [-0.25, -0.2) is 0 Å². The van der Waals surface area contributed by atoms with Gasteiger partial charge in [-0.1, -0.05) is 47.5 Å². The van der Waals surface area contributed by atoms with Crippen LogP contribution in [0.2, 0.25) is 10.0 Å². The summed E-state index contributed by atoms with van der Waals surface area (Å²) < 4.78 is 0. The van der Waals surface area contributed by atoms with Gasteiger partial charge < -0.3 is 5.73 Å². The van der Waals surface area contributed by atoms with Gasteiger partial charge in [-0.2, -0.15) is 0 Å². The van der Waals surface area contributed by atoms with Crippen molar-refractivity contribution in [2.75, 3.05) is 0 Å². The molecule has 0 unspecified atom stereocenters. The zero-order valence-electron chi connectivity index (χ0n) is 9.50. The molecule has 2 aromatic rings. The molecule has 0 aliphatic heterocycles. The van der Waals surface area contributed by atoms with Crippen LogP contribution in [0.5, 0.6) is 0 Å². The Morgan fingerprint density at radius 1 is 1.00 bits per heavy atom. The van der Waals surface area contributed by atoms with Crippen molar-refractivity contribution < 1.29 is 0 Å². The van der Waals surface area contributed by atoms with Crippen molar-refractivity contribution in [1.29, 1.82) is 0 Å². The highest BCUT2D eigenvalue weighted by Crippen LogP contribution is 2.32. The summed E-state index contributed by atoms with van der Waals surface area (Å²) in [6, 6.07) is 11.7. The minimum absolute atomic E-state index is 0.551. The fraction of sp³-hybridized carbons (Fsp3) is 0.143. The van der Waals surface area contributed by atoms with E-state index < -0.39 is 0 Å². The SMILES string of the molecule is Cc1cc(CN)ccc1-c1ccc(Cl)cc1Cl. The van der Waals surface area contributed by atoms with E-state index in [1.54, 1.807) is 6.07 Å². The molecule has 3 heteroatoms. The van der Waals surface area contributed by atoms with Crippen LogP contribution in [0.4, 0.5) is 0 Å². The van der Waals surface area contributed by atoms with E-state index >= 15 is 0 Å². The maximum absolute atomic E-state index is 6.20. The molecule has 2 N–H and O–H groups in total. The second kappa shape index (κ2) is 5.09. The molecular formula is C14H13Cl2N. The molecule has 0 fully saturated rings. The van der Waals surface area contributed by atoms with E-state index in [-0.39, 0.29) is 0 Å². The number of halogens is 2. The Kier molecular flexibility index (Phi) is 3.72. The van der Waals surface area contributed by atoms with Crippen LogP contribution in [-0.2, 0) is 6.54 Å². The van der Waals surface area contributed by atoms with E-state index in [0.717, 1.165) is 22.3 Å². The van der Waals surface area contributed by atoms with Gasteiger partial charge in [0.05, 0.1) is 0 Å². The molecule has 2 rings (SSSR count). The lowest BCUT2D eigenvalue weighted by atomic mass is 9.98. The molecule has 2 aromatic carbocycles. The largest absolute Gasteiger partial charge is 0.326 e. The molecule has 0 saturated heterocycles. The number of benzene rings is 2. The Hall–Kier alpha value is -1.02. The summed E-state index contributed by atoms with van der Waals surface area (Å²) in [5, 5.41) is 1.32. The zero-order chi connectivity index (χ0) is 12.4. The molecule has 0 bridgehead atoms. The molecule has 0 radical (unpaired) electrons. The third kappa shape index (κ3) is 2.63. The molecule has 0 aromatic heterocycles. The van der Waals surface area contributed by atoms with Crippen LogP contribution < -0.4 is 5.73 Å². The van der Waals surface area contributed by atoms with Crippen molar-refractivity contribution in [3.8, 4) is 11.1 Å². The number of rotatable bonds is 2. The first-order valence-electron chi connectivity index (χ1n) is 5.37. The minimum Gasteiger partial charge on any atom is -0.326 e. The van der Waals surface area contributed by atoms with Crippen LogP contribution in [0.3, 0.4) is 0 Å². The van der Waals surface area contributed by atoms with E-state index in [1.807, 2.05) is 24.3 Å². The van der Waals surface area contributed by atoms with Crippen LogP contribution in [0, 0.1) is 6.92 Å². The van der Waals surface area contributed by atoms with Crippen LogP contribution in [-0.4, -0.2) is 0 Å². The van der Waals surface area contributed by atoms with E-state index in [1.165, 1.54) is 0 Å². The van der Waals surface area contributed by atoms with Crippen LogP contribution in [0.15, 0.2) is 36.4 Å². The Morgan fingerprint density at radius 3 is 2.29 bits per heavy atom. The van der Waals surface area contributed by atoms with Crippen molar-refractivity contribution in [2.45, 2.75) is 13.5 Å². The van der Waals surface area contributed by atoms with E-state index in [0.29, 0.717) is 16.6 Å². The Balaban J connectivity index is 2.53. The van der Waals surface area contributed by atoms with Crippen molar-refractivity contribution >= 4 is 23.2 Å². The number of nitrogens with two attached hydrogens (primary N) is 1. The van der Waals surface area contributed by atoms with Gasteiger partial charge in [-0.15, -0.1) is 0 Å². The maximum atomic E-state index is 6.20. The lowest BCUT2D eigenvalue weighted by Crippen LogP contribution is -1.97. The van der Waals surface area contributed by atoms with E-state index in [4.69, 9.17) is 28.9 Å². The van der Waals surface area contributed by atoms with Gasteiger partial charge in [0.2, 0.25) is 0 Å². The first-order valence-corrected chi connectivity index (χ1v) is 6.12. The molecule has 0 amide bonds. The van der Waals surface area contributed by atoms with E-state index in [9.17, 15) is 0 Å². The smallest absolute Gasteiger partial charge is 0.0499 e. The second-order valence-corrected chi connectivity index (χ2v) is 4.82. The molecule has 88 valence electrons. The second-order valence-electron chi connectivity index (χ2n) is 3.98. The maximum Gasteiger partial charge on any atom is 0.0499 e. The molecule has 0 aliphatic carbocycles. The minimum atomic E-state index is 0.551. The summed E-state index contributed by atoms with van der Waals surface area (Å²) in [7, 11) is 0. The molecule has 17 heavy (non-hydrogen) atoms. The molecule has 0 aliphatic rings. The number of hydrogen-bond acceptors (Lipinski definition) is 1. The van der Waals surface area contributed by atoms with Crippen molar-refractivity contribution in [2.24, 2.45) is 5.73 Å². The lowest BCUT2D eigenvalue weighted by molar-refractivity contribution is 1.07. The quantitative estimate of drug-likeness (QED) is 0.855. The van der Waals surface area contributed by atoms with Gasteiger partial charge in [0.15, 0.2) is 0 Å². The van der Waals surface area contributed by atoms with Crippen LogP contribution in [0.25, 0.3) is 11.1 Å². The predicted octanol–water partition coefficient (Wildman–Crippen LogP) is 4.43. The number of hydrogen-bond donors (Lipinski definition) is 1. The fourth-order valence-electron chi connectivity index (χ4n) is 1.86. The average molecular weight is 266 g/mol. The topological polar surface area (TPSA) is 26.0 Å². The molecule has 0 heterocycles. The van der Waals surface area contributed by atoms with Crippen molar-refractivity contribution in [3.05, 3.63) is 57.6 Å².